The van der Waals surface area contributed by atoms with E-state index in [9.17, 15) is 4.79 Å². The average Bonchev–Trinajstić information content (AvgIpc) is 2.70. The van der Waals surface area contributed by atoms with Crippen molar-refractivity contribution in [3.63, 3.8) is 0 Å². The molecule has 1 heterocycles. The molecule has 29 heavy (non-hydrogen) atoms. The molecule has 0 aliphatic carbocycles. The number of nitrogens with two attached hydrogens (primary N) is 2. The molecule has 0 bridgehead atoms. The number of aromatic nitrogens is 2. The Hall–Kier alpha value is -3.32. The van der Waals surface area contributed by atoms with Gasteiger partial charge in [-0.05, 0) is 48.2 Å². The first kappa shape index (κ1) is 20.4. The SMILES string of the molecule is CCc1nc(N)nc(N)c1-c1ccc(NC(=O)NCCc2ccc(Cl)cc2)cc1. The Morgan fingerprint density at radius 1 is 1.03 bits per heavy atom. The van der Waals surface area contributed by atoms with Gasteiger partial charge in [0.1, 0.15) is 5.82 Å². The molecule has 0 aliphatic heterocycles. The van der Waals surface area contributed by atoms with E-state index in [-0.39, 0.29) is 12.0 Å². The monoisotopic (exact) mass is 410 g/mol. The maximum Gasteiger partial charge on any atom is 0.319 e. The number of carbonyl (C=O) groups is 1. The van der Waals surface area contributed by atoms with Crippen molar-refractivity contribution >= 4 is 35.1 Å². The van der Waals surface area contributed by atoms with Gasteiger partial charge in [0.15, 0.2) is 0 Å². The van der Waals surface area contributed by atoms with Crippen LogP contribution in [0.5, 0.6) is 0 Å². The van der Waals surface area contributed by atoms with Crippen LogP contribution in [0.3, 0.4) is 0 Å². The van der Waals surface area contributed by atoms with Crippen molar-refractivity contribution in [3.8, 4) is 11.1 Å². The molecule has 2 amide bonds. The van der Waals surface area contributed by atoms with Crippen LogP contribution >= 0.6 is 11.6 Å². The number of aryl methyl sites for hydroxylation is 1. The lowest BCUT2D eigenvalue weighted by molar-refractivity contribution is 0.252. The first-order valence-electron chi connectivity index (χ1n) is 9.28. The smallest absolute Gasteiger partial charge is 0.319 e. The zero-order valence-electron chi connectivity index (χ0n) is 16.1. The molecule has 0 saturated heterocycles. The second-order valence-corrected chi connectivity index (χ2v) is 6.91. The Bertz CT molecular complexity index is 989. The van der Waals surface area contributed by atoms with E-state index >= 15 is 0 Å². The van der Waals surface area contributed by atoms with Crippen molar-refractivity contribution in [2.75, 3.05) is 23.3 Å². The van der Waals surface area contributed by atoms with E-state index in [1.165, 1.54) is 0 Å². The molecule has 0 saturated carbocycles. The van der Waals surface area contributed by atoms with Gasteiger partial charge >= 0.3 is 6.03 Å². The molecule has 0 radical (unpaired) electrons. The Labute approximate surface area is 174 Å². The van der Waals surface area contributed by atoms with E-state index < -0.39 is 0 Å². The minimum Gasteiger partial charge on any atom is -0.383 e. The average molecular weight is 411 g/mol. The second kappa shape index (κ2) is 9.25. The summed E-state index contributed by atoms with van der Waals surface area (Å²) in [7, 11) is 0. The molecule has 7 nitrogen and oxygen atoms in total. The van der Waals surface area contributed by atoms with E-state index in [1.54, 1.807) is 0 Å². The maximum absolute atomic E-state index is 12.1. The molecule has 0 fully saturated rings. The largest absolute Gasteiger partial charge is 0.383 e. The van der Waals surface area contributed by atoms with Crippen LogP contribution in [0.15, 0.2) is 48.5 Å². The van der Waals surface area contributed by atoms with Crippen LogP contribution in [0.1, 0.15) is 18.2 Å². The predicted molar refractivity (Wildman–Crippen MR) is 118 cm³/mol. The molecular formula is C21H23ClN6O. The third kappa shape index (κ3) is 5.36. The third-order valence-electron chi connectivity index (χ3n) is 4.41. The molecule has 0 aliphatic rings. The molecule has 3 aromatic rings. The van der Waals surface area contributed by atoms with E-state index in [2.05, 4.69) is 20.6 Å². The summed E-state index contributed by atoms with van der Waals surface area (Å²) in [5, 5.41) is 6.35. The van der Waals surface area contributed by atoms with Gasteiger partial charge in [0, 0.05) is 22.8 Å². The Morgan fingerprint density at radius 2 is 1.72 bits per heavy atom. The molecule has 1 aromatic heterocycles. The topological polar surface area (TPSA) is 119 Å². The lowest BCUT2D eigenvalue weighted by Gasteiger charge is -2.12. The normalized spacial score (nSPS) is 10.6. The molecule has 0 atom stereocenters. The first-order valence-corrected chi connectivity index (χ1v) is 9.65. The number of hydrogen-bond donors (Lipinski definition) is 4. The number of nitrogens with zero attached hydrogens (tertiary/aromatic N) is 2. The predicted octanol–water partition coefficient (Wildman–Crippen LogP) is 3.89. The number of urea groups is 1. The number of hydrogen-bond acceptors (Lipinski definition) is 5. The fraction of sp³-hybridized carbons (Fsp3) is 0.190. The van der Waals surface area contributed by atoms with Crippen LogP contribution in [0.25, 0.3) is 11.1 Å². The number of rotatable bonds is 6. The van der Waals surface area contributed by atoms with Gasteiger partial charge in [-0.15, -0.1) is 0 Å². The number of nitrogens with one attached hydrogen (secondary N) is 2. The summed E-state index contributed by atoms with van der Waals surface area (Å²) < 4.78 is 0. The Kier molecular flexibility index (Phi) is 6.51. The minimum absolute atomic E-state index is 0.164. The molecule has 0 spiro atoms. The van der Waals surface area contributed by atoms with Crippen LogP contribution in [0, 0.1) is 0 Å². The summed E-state index contributed by atoms with van der Waals surface area (Å²) in [6.45, 7) is 2.50. The Morgan fingerprint density at radius 3 is 2.38 bits per heavy atom. The van der Waals surface area contributed by atoms with Crippen LogP contribution in [-0.2, 0) is 12.8 Å². The van der Waals surface area contributed by atoms with Gasteiger partial charge in [0.25, 0.3) is 0 Å². The molecule has 0 unspecified atom stereocenters. The van der Waals surface area contributed by atoms with Crippen LogP contribution in [-0.4, -0.2) is 22.5 Å². The lowest BCUT2D eigenvalue weighted by atomic mass is 10.0. The summed E-state index contributed by atoms with van der Waals surface area (Å²) in [4.78, 5) is 20.4. The zero-order valence-corrected chi connectivity index (χ0v) is 16.8. The maximum atomic E-state index is 12.1. The van der Waals surface area contributed by atoms with E-state index in [0.717, 1.165) is 28.8 Å². The molecule has 8 heteroatoms. The Balaban J connectivity index is 1.59. The van der Waals surface area contributed by atoms with Crippen molar-refractivity contribution in [1.82, 2.24) is 15.3 Å². The van der Waals surface area contributed by atoms with E-state index in [0.29, 0.717) is 29.5 Å². The van der Waals surface area contributed by atoms with Crippen molar-refractivity contribution in [2.24, 2.45) is 0 Å². The molecule has 3 rings (SSSR count). The van der Waals surface area contributed by atoms with Crippen molar-refractivity contribution < 1.29 is 4.79 Å². The van der Waals surface area contributed by atoms with Crippen LogP contribution < -0.4 is 22.1 Å². The summed E-state index contributed by atoms with van der Waals surface area (Å²) in [6, 6.07) is 14.6. The fourth-order valence-electron chi connectivity index (χ4n) is 2.98. The molecule has 150 valence electrons. The quantitative estimate of drug-likeness (QED) is 0.491. The number of nitrogen functional groups attached to an aromatic ring is 2. The number of halogens is 1. The highest BCUT2D eigenvalue weighted by atomic mass is 35.5. The van der Waals surface area contributed by atoms with Crippen molar-refractivity contribution in [1.29, 1.82) is 0 Å². The summed E-state index contributed by atoms with van der Waals surface area (Å²) in [5.74, 6) is 0.506. The number of amides is 2. The fourth-order valence-corrected chi connectivity index (χ4v) is 3.11. The van der Waals surface area contributed by atoms with E-state index in [1.807, 2.05) is 55.5 Å². The highest BCUT2D eigenvalue weighted by Crippen LogP contribution is 2.29. The summed E-state index contributed by atoms with van der Waals surface area (Å²) >= 11 is 5.87. The van der Waals surface area contributed by atoms with Gasteiger partial charge in [0.2, 0.25) is 5.95 Å². The summed E-state index contributed by atoms with van der Waals surface area (Å²) in [6.07, 6.45) is 1.40. The van der Waals surface area contributed by atoms with Gasteiger partial charge in [-0.1, -0.05) is 42.8 Å². The third-order valence-corrected chi connectivity index (χ3v) is 4.66. The minimum atomic E-state index is -0.267. The van der Waals surface area contributed by atoms with Crippen molar-refractivity contribution in [3.05, 3.63) is 64.8 Å². The first-order chi connectivity index (χ1) is 14.0. The molecule has 2 aromatic carbocycles. The highest BCUT2D eigenvalue weighted by molar-refractivity contribution is 6.30. The van der Waals surface area contributed by atoms with Gasteiger partial charge in [0.05, 0.1) is 5.69 Å². The van der Waals surface area contributed by atoms with Crippen LogP contribution in [0.2, 0.25) is 5.02 Å². The number of benzene rings is 2. The second-order valence-electron chi connectivity index (χ2n) is 6.48. The standard InChI is InChI=1S/C21H23ClN6O/c1-2-17-18(19(23)28-20(24)27-17)14-5-9-16(10-6-14)26-21(29)25-12-11-13-3-7-15(22)8-4-13/h3-10H,2,11-12H2,1H3,(H2,25,26,29)(H4,23,24,27,28). The highest BCUT2D eigenvalue weighted by Gasteiger charge is 2.12. The molecule has 6 N–H and O–H groups in total. The lowest BCUT2D eigenvalue weighted by Crippen LogP contribution is -2.30. The van der Waals surface area contributed by atoms with Gasteiger partial charge in [-0.25, -0.2) is 9.78 Å². The van der Waals surface area contributed by atoms with Gasteiger partial charge < -0.3 is 22.1 Å². The zero-order chi connectivity index (χ0) is 20.8. The van der Waals surface area contributed by atoms with Gasteiger partial charge in [-0.2, -0.15) is 4.98 Å². The number of carbonyl (C=O) groups excluding carboxylic acids is 1. The van der Waals surface area contributed by atoms with Crippen LogP contribution in [0.4, 0.5) is 22.2 Å². The number of anilines is 3. The van der Waals surface area contributed by atoms with Crippen molar-refractivity contribution in [2.45, 2.75) is 19.8 Å². The molecular weight excluding hydrogens is 388 g/mol. The summed E-state index contributed by atoms with van der Waals surface area (Å²) in [5.41, 5.74) is 15.9. The van der Waals surface area contributed by atoms with Gasteiger partial charge in [-0.3, -0.25) is 0 Å². The van der Waals surface area contributed by atoms with E-state index in [4.69, 9.17) is 23.1 Å².